The van der Waals surface area contributed by atoms with Crippen LogP contribution >= 0.6 is 0 Å². The molecule has 0 aliphatic rings. The molecule has 1 atom stereocenters. The molecule has 0 aliphatic heterocycles. The van der Waals surface area contributed by atoms with Crippen LogP contribution in [0.1, 0.15) is 29.3 Å². The first-order valence-electron chi connectivity index (χ1n) is 6.42. The number of carbonyl (C=O) groups is 2. The van der Waals surface area contributed by atoms with Crippen LogP contribution in [0.5, 0.6) is 0 Å². The first-order valence-corrected chi connectivity index (χ1v) is 6.42. The fourth-order valence-corrected chi connectivity index (χ4v) is 1.97. The lowest BCUT2D eigenvalue weighted by atomic mass is 10.1. The van der Waals surface area contributed by atoms with E-state index in [1.54, 1.807) is 18.2 Å². The number of rotatable bonds is 4. The molecule has 2 amide bonds. The van der Waals surface area contributed by atoms with E-state index in [1.165, 1.54) is 0 Å². The molecule has 0 radical (unpaired) electrons. The van der Waals surface area contributed by atoms with Gasteiger partial charge >= 0.3 is 0 Å². The van der Waals surface area contributed by atoms with Crippen molar-refractivity contribution in [3.05, 3.63) is 29.3 Å². The number of primary amides is 1. The van der Waals surface area contributed by atoms with E-state index in [0.29, 0.717) is 29.3 Å². The van der Waals surface area contributed by atoms with Crippen molar-refractivity contribution >= 4 is 29.0 Å². The molecule has 0 aliphatic carbocycles. The summed E-state index contributed by atoms with van der Waals surface area (Å²) < 4.78 is 0. The second kappa shape index (κ2) is 6.11. The summed E-state index contributed by atoms with van der Waals surface area (Å²) in [5.41, 5.74) is 6.88. The molecule has 0 saturated carbocycles. The highest BCUT2D eigenvalue weighted by atomic mass is 16.3. The third kappa shape index (κ3) is 3.04. The van der Waals surface area contributed by atoms with Gasteiger partial charge in [0, 0.05) is 16.5 Å². The number of benzene rings is 1. The molecule has 5 N–H and O–H groups in total. The maximum absolute atomic E-state index is 11.5. The number of amides is 2. The number of anilines is 1. The van der Waals surface area contributed by atoms with Gasteiger partial charge in [0.15, 0.2) is 0 Å². The van der Waals surface area contributed by atoms with Crippen LogP contribution < -0.4 is 11.1 Å². The van der Waals surface area contributed by atoms with Crippen LogP contribution in [0.25, 0.3) is 10.9 Å². The topological polar surface area (TPSA) is 108 Å². The third-order valence-electron chi connectivity index (χ3n) is 3.02. The predicted molar refractivity (Wildman–Crippen MR) is 79.7 cm³/mol. The quantitative estimate of drug-likeness (QED) is 0.496. The Kier molecular flexibility index (Phi) is 4.26. The summed E-state index contributed by atoms with van der Waals surface area (Å²) in [6.45, 7) is 1.84. The number of nitrogens with two attached hydrogens (primary N) is 1. The van der Waals surface area contributed by atoms with Gasteiger partial charge < -0.3 is 21.1 Å². The summed E-state index contributed by atoms with van der Waals surface area (Å²) in [7, 11) is 0. The van der Waals surface area contributed by atoms with Crippen molar-refractivity contribution in [1.82, 2.24) is 4.98 Å². The highest BCUT2D eigenvalue weighted by molar-refractivity contribution is 6.12. The number of hydrogen-bond acceptors (Lipinski definition) is 3. The lowest BCUT2D eigenvalue weighted by Crippen LogP contribution is -2.13. The van der Waals surface area contributed by atoms with Crippen molar-refractivity contribution in [2.75, 3.05) is 5.32 Å². The fourth-order valence-electron chi connectivity index (χ4n) is 1.97. The molecule has 2 rings (SSSR count). The second-order valence-corrected chi connectivity index (χ2v) is 4.46. The number of fused-ring (bicyclic) bond motifs is 1. The molecule has 1 aromatic carbocycles. The summed E-state index contributed by atoms with van der Waals surface area (Å²) in [6.07, 6.45) is 0.352. The van der Waals surface area contributed by atoms with Gasteiger partial charge in [-0.05, 0) is 18.6 Å². The van der Waals surface area contributed by atoms with Crippen LogP contribution in [0.2, 0.25) is 0 Å². The van der Waals surface area contributed by atoms with Crippen molar-refractivity contribution in [3.8, 4) is 11.8 Å². The molecule has 0 bridgehead atoms. The van der Waals surface area contributed by atoms with Crippen molar-refractivity contribution in [2.45, 2.75) is 19.4 Å². The number of aromatic nitrogens is 1. The molecule has 2 aromatic rings. The van der Waals surface area contributed by atoms with Gasteiger partial charge in [-0.1, -0.05) is 24.8 Å². The Morgan fingerprint density at radius 1 is 1.57 bits per heavy atom. The first kappa shape index (κ1) is 14.6. The number of carbonyl (C=O) groups excluding carboxylic acids is 2. The monoisotopic (exact) mass is 285 g/mol. The molecule has 108 valence electrons. The van der Waals surface area contributed by atoms with Crippen LogP contribution in [0.4, 0.5) is 5.82 Å². The number of nitrogens with one attached hydrogen (secondary N) is 2. The Hall–Kier alpha value is -2.78. The fraction of sp³-hybridized carbons (Fsp3) is 0.200. The van der Waals surface area contributed by atoms with Crippen LogP contribution in [-0.2, 0) is 4.79 Å². The van der Waals surface area contributed by atoms with E-state index in [2.05, 4.69) is 22.1 Å². The zero-order valence-electron chi connectivity index (χ0n) is 11.4. The van der Waals surface area contributed by atoms with Crippen molar-refractivity contribution in [1.29, 1.82) is 0 Å². The maximum atomic E-state index is 11.5. The minimum atomic E-state index is -0.669. The normalized spacial score (nSPS) is 11.5. The lowest BCUT2D eigenvalue weighted by Gasteiger charge is -1.97. The van der Waals surface area contributed by atoms with E-state index in [1.807, 2.05) is 6.92 Å². The largest absolute Gasteiger partial charge is 0.380 e. The number of aliphatic hydroxyl groups excluding tert-OH is 1. The molecule has 0 fully saturated rings. The van der Waals surface area contributed by atoms with Crippen LogP contribution in [-0.4, -0.2) is 28.5 Å². The van der Waals surface area contributed by atoms with Gasteiger partial charge in [0.2, 0.25) is 6.41 Å². The van der Waals surface area contributed by atoms with Gasteiger partial charge in [0.05, 0.1) is 5.56 Å². The Balaban J connectivity index is 2.51. The predicted octanol–water partition coefficient (Wildman–Crippen LogP) is 0.957. The van der Waals surface area contributed by atoms with Crippen LogP contribution in [0.15, 0.2) is 18.2 Å². The van der Waals surface area contributed by atoms with E-state index in [4.69, 9.17) is 5.73 Å². The van der Waals surface area contributed by atoms with Crippen molar-refractivity contribution in [3.63, 3.8) is 0 Å². The standard InChI is InChI=1S/C15H15N3O3/c1-2-10(20)5-3-9-4-6-11-12(7-9)18-15(17-8-19)13(11)14(16)21/h4,6-8,10,18,20H,2H2,1H3,(H2,16,21)(H,17,19). The highest BCUT2D eigenvalue weighted by Gasteiger charge is 2.15. The van der Waals surface area contributed by atoms with E-state index in [-0.39, 0.29) is 11.4 Å². The zero-order valence-corrected chi connectivity index (χ0v) is 11.4. The average Bonchev–Trinajstić information content (AvgIpc) is 2.82. The molecule has 1 heterocycles. The smallest absolute Gasteiger partial charge is 0.253 e. The number of hydrogen-bond donors (Lipinski definition) is 4. The number of aliphatic hydroxyl groups is 1. The molecule has 0 saturated heterocycles. The van der Waals surface area contributed by atoms with E-state index in [0.717, 1.165) is 0 Å². The number of H-pyrrole nitrogens is 1. The second-order valence-electron chi connectivity index (χ2n) is 4.46. The van der Waals surface area contributed by atoms with Crippen molar-refractivity contribution in [2.24, 2.45) is 5.73 Å². The summed E-state index contributed by atoms with van der Waals surface area (Å²) >= 11 is 0. The molecular weight excluding hydrogens is 270 g/mol. The zero-order chi connectivity index (χ0) is 15.4. The molecule has 1 unspecified atom stereocenters. The van der Waals surface area contributed by atoms with Gasteiger partial charge in [-0.15, -0.1) is 0 Å². The SMILES string of the molecule is CCC(O)C#Cc1ccc2c(C(N)=O)c(NC=O)[nH]c2c1. The van der Waals surface area contributed by atoms with Gasteiger partial charge in [0.25, 0.3) is 5.91 Å². The maximum Gasteiger partial charge on any atom is 0.253 e. The molecule has 1 aromatic heterocycles. The summed E-state index contributed by atoms with van der Waals surface area (Å²) in [4.78, 5) is 25.0. The summed E-state index contributed by atoms with van der Waals surface area (Å²) in [5.74, 6) is 5.18. The molecule has 6 heteroatoms. The van der Waals surface area contributed by atoms with E-state index in [9.17, 15) is 14.7 Å². The minimum absolute atomic E-state index is 0.227. The third-order valence-corrected chi connectivity index (χ3v) is 3.02. The van der Waals surface area contributed by atoms with Gasteiger partial charge in [-0.3, -0.25) is 9.59 Å². The Bertz CT molecular complexity index is 753. The number of aromatic amines is 1. The van der Waals surface area contributed by atoms with Crippen molar-refractivity contribution < 1.29 is 14.7 Å². The summed E-state index contributed by atoms with van der Waals surface area (Å²) in [5, 5.41) is 12.4. The van der Waals surface area contributed by atoms with E-state index < -0.39 is 12.0 Å². The van der Waals surface area contributed by atoms with Crippen LogP contribution in [0, 0.1) is 11.8 Å². The first-order chi connectivity index (χ1) is 10.1. The summed E-state index contributed by atoms with van der Waals surface area (Å²) in [6, 6.07) is 5.15. The molecule has 0 spiro atoms. The Morgan fingerprint density at radius 3 is 2.95 bits per heavy atom. The van der Waals surface area contributed by atoms with Crippen LogP contribution in [0.3, 0.4) is 0 Å². The Labute approximate surface area is 121 Å². The van der Waals surface area contributed by atoms with Gasteiger partial charge in [-0.2, -0.15) is 0 Å². The van der Waals surface area contributed by atoms with Gasteiger partial charge in [-0.25, -0.2) is 0 Å². The lowest BCUT2D eigenvalue weighted by molar-refractivity contribution is -0.105. The molecular formula is C15H15N3O3. The van der Waals surface area contributed by atoms with Gasteiger partial charge in [0.1, 0.15) is 11.9 Å². The van der Waals surface area contributed by atoms with E-state index >= 15 is 0 Å². The Morgan fingerprint density at radius 2 is 2.33 bits per heavy atom. The minimum Gasteiger partial charge on any atom is -0.380 e. The average molecular weight is 285 g/mol. The molecule has 6 nitrogen and oxygen atoms in total. The highest BCUT2D eigenvalue weighted by Crippen LogP contribution is 2.26. The molecule has 21 heavy (non-hydrogen) atoms.